The van der Waals surface area contributed by atoms with Gasteiger partial charge in [0.2, 0.25) is 0 Å². The number of allylic oxidation sites excluding steroid dienone is 2. The number of aliphatic hydroxyl groups is 1. The fourth-order valence-corrected chi connectivity index (χ4v) is 10.3. The number of hydrogen-bond acceptors (Lipinski definition) is 1. The monoisotopic (exact) mass is 398 g/mol. The van der Waals surface area contributed by atoms with E-state index in [-0.39, 0.29) is 11.5 Å². The van der Waals surface area contributed by atoms with Crippen LogP contribution >= 0.6 is 0 Å². The molecule has 0 bridgehead atoms. The van der Waals surface area contributed by atoms with Crippen LogP contribution in [0.2, 0.25) is 0 Å². The van der Waals surface area contributed by atoms with E-state index in [0.717, 1.165) is 12.3 Å². The number of aliphatic hydroxyl groups excluding tert-OH is 1. The zero-order valence-corrected chi connectivity index (χ0v) is 20.2. The SMILES string of the molecule is CC12CCCCC1=C1CCC3C4(C)CCC(O)C(C)(C)C4CCC3(C)C1(C)CC2. The molecule has 5 aliphatic carbocycles. The molecule has 4 saturated carbocycles. The van der Waals surface area contributed by atoms with Crippen molar-refractivity contribution in [3.8, 4) is 0 Å². The first-order chi connectivity index (χ1) is 13.5. The molecule has 0 aromatic heterocycles. The van der Waals surface area contributed by atoms with E-state index in [1.807, 2.05) is 11.1 Å². The molecule has 0 amide bonds. The second kappa shape index (κ2) is 6.14. The minimum absolute atomic E-state index is 0.0719. The Morgan fingerprint density at radius 3 is 2.21 bits per heavy atom. The molecule has 0 saturated heterocycles. The Labute approximate surface area is 180 Å². The highest BCUT2D eigenvalue weighted by Gasteiger charge is 2.67. The van der Waals surface area contributed by atoms with Crippen LogP contribution in [0.25, 0.3) is 0 Å². The average molecular weight is 399 g/mol. The van der Waals surface area contributed by atoms with E-state index in [1.54, 1.807) is 0 Å². The van der Waals surface area contributed by atoms with E-state index in [9.17, 15) is 5.11 Å². The first-order valence-corrected chi connectivity index (χ1v) is 12.9. The van der Waals surface area contributed by atoms with Gasteiger partial charge in [-0.1, -0.05) is 59.1 Å². The van der Waals surface area contributed by atoms with Crippen LogP contribution in [0.1, 0.15) is 119 Å². The first-order valence-electron chi connectivity index (χ1n) is 12.9. The van der Waals surface area contributed by atoms with Gasteiger partial charge < -0.3 is 5.11 Å². The van der Waals surface area contributed by atoms with Gasteiger partial charge in [0.25, 0.3) is 0 Å². The van der Waals surface area contributed by atoms with Gasteiger partial charge in [-0.05, 0) is 110 Å². The molecule has 5 rings (SSSR count). The molecule has 0 spiro atoms. The van der Waals surface area contributed by atoms with Crippen LogP contribution in [0, 0.1) is 38.9 Å². The van der Waals surface area contributed by atoms with Gasteiger partial charge in [0, 0.05) is 0 Å². The normalized spacial score (nSPS) is 54.1. The molecule has 0 radical (unpaired) electrons. The molecule has 1 nitrogen and oxygen atoms in total. The van der Waals surface area contributed by atoms with Gasteiger partial charge in [-0.2, -0.15) is 0 Å². The summed E-state index contributed by atoms with van der Waals surface area (Å²) in [4.78, 5) is 0. The molecule has 164 valence electrons. The Morgan fingerprint density at radius 1 is 0.690 bits per heavy atom. The fraction of sp³-hybridized carbons (Fsp3) is 0.929. The third-order valence-electron chi connectivity index (χ3n) is 12.3. The molecule has 0 aromatic carbocycles. The van der Waals surface area contributed by atoms with Crippen molar-refractivity contribution >= 4 is 0 Å². The van der Waals surface area contributed by atoms with Gasteiger partial charge in [-0.25, -0.2) is 0 Å². The second-order valence-electron chi connectivity index (χ2n) is 13.5. The van der Waals surface area contributed by atoms with Crippen LogP contribution in [0.5, 0.6) is 0 Å². The molecule has 7 unspecified atom stereocenters. The molecule has 5 aliphatic rings. The highest BCUT2D eigenvalue weighted by molar-refractivity contribution is 5.37. The van der Waals surface area contributed by atoms with E-state index in [4.69, 9.17) is 0 Å². The summed E-state index contributed by atoms with van der Waals surface area (Å²) in [5.74, 6) is 1.50. The summed E-state index contributed by atoms with van der Waals surface area (Å²) in [5.41, 5.74) is 5.71. The maximum Gasteiger partial charge on any atom is 0.0594 e. The van der Waals surface area contributed by atoms with Gasteiger partial charge in [0.15, 0.2) is 0 Å². The van der Waals surface area contributed by atoms with Crippen molar-refractivity contribution in [2.45, 2.75) is 125 Å². The van der Waals surface area contributed by atoms with E-state index < -0.39 is 0 Å². The largest absolute Gasteiger partial charge is 0.393 e. The molecular weight excluding hydrogens is 352 g/mol. The summed E-state index contributed by atoms with van der Waals surface area (Å²) < 4.78 is 0. The van der Waals surface area contributed by atoms with Crippen molar-refractivity contribution in [2.75, 3.05) is 0 Å². The lowest BCUT2D eigenvalue weighted by molar-refractivity contribution is -0.204. The van der Waals surface area contributed by atoms with Crippen LogP contribution < -0.4 is 0 Å². The molecule has 29 heavy (non-hydrogen) atoms. The third kappa shape index (κ3) is 2.43. The molecule has 7 atom stereocenters. The zero-order chi connectivity index (χ0) is 20.9. The Balaban J connectivity index is 1.59. The molecule has 4 fully saturated rings. The molecule has 0 aliphatic heterocycles. The molecule has 1 N–H and O–H groups in total. The van der Waals surface area contributed by atoms with E-state index >= 15 is 0 Å². The Hall–Kier alpha value is -0.300. The maximum atomic E-state index is 10.8. The van der Waals surface area contributed by atoms with Crippen molar-refractivity contribution in [1.82, 2.24) is 0 Å². The summed E-state index contributed by atoms with van der Waals surface area (Å²) in [6, 6.07) is 0. The van der Waals surface area contributed by atoms with Crippen molar-refractivity contribution in [1.29, 1.82) is 0 Å². The minimum Gasteiger partial charge on any atom is -0.393 e. The summed E-state index contributed by atoms with van der Waals surface area (Å²) in [7, 11) is 0. The third-order valence-corrected chi connectivity index (χ3v) is 12.3. The molecule has 0 heterocycles. The van der Waals surface area contributed by atoms with Gasteiger partial charge in [-0.3, -0.25) is 0 Å². The number of rotatable bonds is 0. The molecular formula is C28H46O. The van der Waals surface area contributed by atoms with Crippen LogP contribution in [-0.2, 0) is 0 Å². The fourth-order valence-electron chi connectivity index (χ4n) is 10.3. The second-order valence-corrected chi connectivity index (χ2v) is 13.5. The van der Waals surface area contributed by atoms with E-state index in [0.29, 0.717) is 27.6 Å². The lowest BCUT2D eigenvalue weighted by atomic mass is 9.34. The van der Waals surface area contributed by atoms with E-state index in [1.165, 1.54) is 70.6 Å². The Kier molecular flexibility index (Phi) is 4.36. The first kappa shape index (κ1) is 20.6. The number of hydrogen-bond donors (Lipinski definition) is 1. The summed E-state index contributed by atoms with van der Waals surface area (Å²) in [5, 5.41) is 10.8. The smallest absolute Gasteiger partial charge is 0.0594 e. The van der Waals surface area contributed by atoms with E-state index in [2.05, 4.69) is 41.5 Å². The van der Waals surface area contributed by atoms with Gasteiger partial charge in [0.05, 0.1) is 6.10 Å². The topological polar surface area (TPSA) is 20.2 Å². The van der Waals surface area contributed by atoms with Gasteiger partial charge in [-0.15, -0.1) is 0 Å². The van der Waals surface area contributed by atoms with Gasteiger partial charge in [0.1, 0.15) is 0 Å². The summed E-state index contributed by atoms with van der Waals surface area (Å²) >= 11 is 0. The molecule has 1 heteroatoms. The van der Waals surface area contributed by atoms with Gasteiger partial charge >= 0.3 is 0 Å². The highest BCUT2D eigenvalue weighted by Crippen LogP contribution is 2.75. The van der Waals surface area contributed by atoms with Crippen LogP contribution in [-0.4, -0.2) is 11.2 Å². The maximum absolute atomic E-state index is 10.8. The predicted octanol–water partition coefficient (Wildman–Crippen LogP) is 7.68. The molecule has 0 aromatic rings. The van der Waals surface area contributed by atoms with Crippen molar-refractivity contribution in [2.24, 2.45) is 38.9 Å². The number of fused-ring (bicyclic) bond motifs is 6. The predicted molar refractivity (Wildman–Crippen MR) is 122 cm³/mol. The lowest BCUT2D eigenvalue weighted by Crippen LogP contribution is -2.63. The Morgan fingerprint density at radius 2 is 1.45 bits per heavy atom. The van der Waals surface area contributed by atoms with Crippen LogP contribution in [0.4, 0.5) is 0 Å². The van der Waals surface area contributed by atoms with Crippen molar-refractivity contribution in [3.63, 3.8) is 0 Å². The summed E-state index contributed by atoms with van der Waals surface area (Å²) in [6.07, 6.45) is 16.1. The summed E-state index contributed by atoms with van der Waals surface area (Å²) in [6.45, 7) is 15.4. The quantitative estimate of drug-likeness (QED) is 0.415. The standard InChI is InChI=1S/C28H46O/c1-24(2)21-12-16-28(6)22(26(21,4)15-13-23(24)29)11-10-20-19-9-7-8-14-25(19,3)17-18-27(20,28)5/h21-23,29H,7-18H2,1-6H3. The highest BCUT2D eigenvalue weighted by atomic mass is 16.3. The Bertz CT molecular complexity index is 733. The van der Waals surface area contributed by atoms with Crippen molar-refractivity contribution < 1.29 is 5.11 Å². The minimum atomic E-state index is -0.112. The van der Waals surface area contributed by atoms with Crippen LogP contribution in [0.3, 0.4) is 0 Å². The average Bonchev–Trinajstić information content (AvgIpc) is 2.66. The van der Waals surface area contributed by atoms with Crippen molar-refractivity contribution in [3.05, 3.63) is 11.1 Å². The zero-order valence-electron chi connectivity index (χ0n) is 20.2. The van der Waals surface area contributed by atoms with Crippen LogP contribution in [0.15, 0.2) is 11.1 Å². The lowest BCUT2D eigenvalue weighted by Gasteiger charge is -2.70.